The monoisotopic (exact) mass is 259 g/mol. The number of hydrogen-bond acceptors (Lipinski definition) is 3. The van der Waals surface area contributed by atoms with Gasteiger partial charge in [0.15, 0.2) is 0 Å². The predicted molar refractivity (Wildman–Crippen MR) is 80.2 cm³/mol. The van der Waals surface area contributed by atoms with Gasteiger partial charge >= 0.3 is 0 Å². The molecule has 0 fully saturated rings. The number of allylic oxidation sites excluding steroid dienone is 3. The van der Waals surface area contributed by atoms with Gasteiger partial charge in [-0.2, -0.15) is 5.10 Å². The maximum Gasteiger partial charge on any atom is 0.123 e. The van der Waals surface area contributed by atoms with E-state index in [-0.39, 0.29) is 5.82 Å². The normalized spacial score (nSPS) is 12.8. The summed E-state index contributed by atoms with van der Waals surface area (Å²) in [5.74, 6) is -0.273. The molecule has 3 nitrogen and oxygen atoms in total. The highest BCUT2D eigenvalue weighted by Crippen LogP contribution is 2.08. The molecule has 0 bridgehead atoms. The molecular formula is C15H18FN3. The number of anilines is 1. The fraction of sp³-hybridized carbons (Fsp3) is 0.200. The standard InChI is InChI=1S/C15H18FN3/c1-5-6-15(17-11(2)3)12(4)18-19-14-9-7-13(16)8-10-14/h5-10,19H,2H2,1,3-4H3/b6-5-,17-15?,18-12+. The molecule has 0 radical (unpaired) electrons. The van der Waals surface area contributed by atoms with E-state index in [1.807, 2.05) is 32.9 Å². The van der Waals surface area contributed by atoms with Gasteiger partial charge in [-0.1, -0.05) is 12.7 Å². The van der Waals surface area contributed by atoms with Gasteiger partial charge in [0.1, 0.15) is 5.82 Å². The van der Waals surface area contributed by atoms with E-state index in [2.05, 4.69) is 22.1 Å². The highest BCUT2D eigenvalue weighted by Gasteiger charge is 2.00. The van der Waals surface area contributed by atoms with Crippen LogP contribution < -0.4 is 5.43 Å². The van der Waals surface area contributed by atoms with Gasteiger partial charge in [-0.25, -0.2) is 4.39 Å². The van der Waals surface area contributed by atoms with Gasteiger partial charge in [0, 0.05) is 5.70 Å². The van der Waals surface area contributed by atoms with Crippen molar-refractivity contribution in [2.45, 2.75) is 20.8 Å². The van der Waals surface area contributed by atoms with E-state index < -0.39 is 0 Å². The summed E-state index contributed by atoms with van der Waals surface area (Å²) in [6.07, 6.45) is 3.75. The molecule has 0 amide bonds. The van der Waals surface area contributed by atoms with Crippen LogP contribution in [0.2, 0.25) is 0 Å². The molecule has 0 aliphatic rings. The maximum atomic E-state index is 12.8. The Hall–Kier alpha value is -2.23. The third kappa shape index (κ3) is 5.29. The van der Waals surface area contributed by atoms with Crippen molar-refractivity contribution in [3.63, 3.8) is 0 Å². The smallest absolute Gasteiger partial charge is 0.123 e. The van der Waals surface area contributed by atoms with E-state index >= 15 is 0 Å². The van der Waals surface area contributed by atoms with Crippen molar-refractivity contribution in [1.29, 1.82) is 0 Å². The van der Waals surface area contributed by atoms with Gasteiger partial charge in [-0.3, -0.25) is 10.4 Å². The third-order valence-corrected chi connectivity index (χ3v) is 2.20. The van der Waals surface area contributed by atoms with Crippen LogP contribution in [0.4, 0.5) is 10.1 Å². The number of hydrazone groups is 1. The molecule has 0 spiro atoms. The Labute approximate surface area is 113 Å². The van der Waals surface area contributed by atoms with Gasteiger partial charge in [-0.15, -0.1) is 0 Å². The Morgan fingerprint density at radius 3 is 2.42 bits per heavy atom. The fourth-order valence-electron chi connectivity index (χ4n) is 1.33. The van der Waals surface area contributed by atoms with E-state index in [0.717, 1.165) is 17.1 Å². The summed E-state index contributed by atoms with van der Waals surface area (Å²) < 4.78 is 12.8. The number of aliphatic imine (C=N–C) groups is 1. The van der Waals surface area contributed by atoms with E-state index in [4.69, 9.17) is 0 Å². The van der Waals surface area contributed by atoms with Crippen molar-refractivity contribution in [3.8, 4) is 0 Å². The second-order valence-electron chi connectivity index (χ2n) is 4.05. The summed E-state index contributed by atoms with van der Waals surface area (Å²) in [4.78, 5) is 4.30. The molecule has 19 heavy (non-hydrogen) atoms. The zero-order valence-electron chi connectivity index (χ0n) is 11.4. The minimum atomic E-state index is -0.273. The Morgan fingerprint density at radius 1 is 1.26 bits per heavy atom. The molecule has 0 saturated carbocycles. The Bertz CT molecular complexity index is 525. The molecule has 4 heteroatoms. The van der Waals surface area contributed by atoms with Gasteiger partial charge in [0.2, 0.25) is 0 Å². The summed E-state index contributed by atoms with van der Waals surface area (Å²) >= 11 is 0. The molecule has 1 N–H and O–H groups in total. The number of nitrogens with one attached hydrogen (secondary N) is 1. The van der Waals surface area contributed by atoms with Crippen molar-refractivity contribution < 1.29 is 4.39 Å². The highest BCUT2D eigenvalue weighted by molar-refractivity contribution is 6.46. The summed E-state index contributed by atoms with van der Waals surface area (Å²) in [5, 5.41) is 4.22. The van der Waals surface area contributed by atoms with Crippen molar-refractivity contribution in [2.75, 3.05) is 5.43 Å². The summed E-state index contributed by atoms with van der Waals surface area (Å²) in [6, 6.07) is 6.00. The zero-order chi connectivity index (χ0) is 14.3. The molecule has 0 unspecified atom stereocenters. The maximum absolute atomic E-state index is 12.8. The Balaban J connectivity index is 2.85. The number of hydrogen-bond donors (Lipinski definition) is 1. The first-order valence-electron chi connectivity index (χ1n) is 5.96. The molecule has 0 saturated heterocycles. The largest absolute Gasteiger partial charge is 0.278 e. The Morgan fingerprint density at radius 2 is 1.89 bits per heavy atom. The predicted octanol–water partition coefficient (Wildman–Crippen LogP) is 4.16. The average molecular weight is 259 g/mol. The van der Waals surface area contributed by atoms with Crippen molar-refractivity contribution in [1.82, 2.24) is 0 Å². The number of halogens is 1. The molecule has 0 aliphatic heterocycles. The Kier molecular flexibility index (Phi) is 5.67. The third-order valence-electron chi connectivity index (χ3n) is 2.20. The van der Waals surface area contributed by atoms with E-state index in [9.17, 15) is 4.39 Å². The molecule has 0 aliphatic carbocycles. The van der Waals surface area contributed by atoms with Gasteiger partial charge in [-0.05, 0) is 51.1 Å². The SMILES string of the molecule is C=C(C)N=C(/C=C\C)/C(C)=N/Nc1ccc(F)cc1. The minimum absolute atomic E-state index is 0.273. The average Bonchev–Trinajstić information content (AvgIpc) is 2.37. The highest BCUT2D eigenvalue weighted by atomic mass is 19.1. The second kappa shape index (κ2) is 7.26. The van der Waals surface area contributed by atoms with Crippen LogP contribution in [0.3, 0.4) is 0 Å². The summed E-state index contributed by atoms with van der Waals surface area (Å²) in [6.45, 7) is 9.33. The molecule has 100 valence electrons. The number of benzene rings is 1. The molecule has 0 heterocycles. The lowest BCUT2D eigenvalue weighted by atomic mass is 10.2. The van der Waals surface area contributed by atoms with Crippen molar-refractivity contribution in [2.24, 2.45) is 10.1 Å². The second-order valence-corrected chi connectivity index (χ2v) is 4.05. The van der Waals surface area contributed by atoms with Crippen LogP contribution in [-0.2, 0) is 0 Å². The van der Waals surface area contributed by atoms with Crippen molar-refractivity contribution >= 4 is 17.1 Å². The van der Waals surface area contributed by atoms with Gasteiger partial charge < -0.3 is 0 Å². The van der Waals surface area contributed by atoms with Crippen LogP contribution >= 0.6 is 0 Å². The van der Waals surface area contributed by atoms with Crippen molar-refractivity contribution in [3.05, 3.63) is 54.5 Å². The minimum Gasteiger partial charge on any atom is -0.278 e. The van der Waals surface area contributed by atoms with Gasteiger partial charge in [0.05, 0.1) is 17.1 Å². The number of rotatable bonds is 5. The lowest BCUT2D eigenvalue weighted by Gasteiger charge is -2.04. The van der Waals surface area contributed by atoms with E-state index in [1.54, 1.807) is 12.1 Å². The van der Waals surface area contributed by atoms with Crippen LogP contribution in [-0.4, -0.2) is 11.4 Å². The first-order chi connectivity index (χ1) is 9.02. The molecule has 1 aromatic carbocycles. The summed E-state index contributed by atoms with van der Waals surface area (Å²) in [5.41, 5.74) is 5.76. The summed E-state index contributed by atoms with van der Waals surface area (Å²) in [7, 11) is 0. The number of nitrogens with zero attached hydrogens (tertiary/aromatic N) is 2. The first-order valence-corrected chi connectivity index (χ1v) is 5.96. The first kappa shape index (κ1) is 14.8. The topological polar surface area (TPSA) is 36.8 Å². The quantitative estimate of drug-likeness (QED) is 0.625. The lowest BCUT2D eigenvalue weighted by molar-refractivity contribution is 0.628. The molecule has 0 atom stereocenters. The van der Waals surface area contributed by atoms with Crippen LogP contribution in [0.1, 0.15) is 20.8 Å². The molecular weight excluding hydrogens is 241 g/mol. The van der Waals surface area contributed by atoms with Crippen LogP contribution in [0.25, 0.3) is 0 Å². The van der Waals surface area contributed by atoms with Crippen LogP contribution in [0, 0.1) is 5.82 Å². The van der Waals surface area contributed by atoms with E-state index in [1.165, 1.54) is 12.1 Å². The van der Waals surface area contributed by atoms with Crippen LogP contribution in [0.15, 0.2) is 58.8 Å². The zero-order valence-corrected chi connectivity index (χ0v) is 11.4. The molecule has 1 aromatic rings. The molecule has 1 rings (SSSR count). The van der Waals surface area contributed by atoms with Crippen LogP contribution in [0.5, 0.6) is 0 Å². The van der Waals surface area contributed by atoms with Gasteiger partial charge in [0.25, 0.3) is 0 Å². The lowest BCUT2D eigenvalue weighted by Crippen LogP contribution is -2.10. The molecule has 0 aromatic heterocycles. The van der Waals surface area contributed by atoms with E-state index in [0.29, 0.717) is 5.70 Å². The fourth-order valence-corrected chi connectivity index (χ4v) is 1.33.